The number of aromatic carboxylic acids is 1. The molecule has 35 heavy (non-hydrogen) atoms. The average molecular weight is 469 g/mol. The lowest BCUT2D eigenvalue weighted by molar-refractivity contribution is 0.0692. The van der Waals surface area contributed by atoms with Gasteiger partial charge in [-0.1, -0.05) is 59.8 Å². The number of halogens is 1. The highest BCUT2D eigenvalue weighted by atomic mass is 19.1. The molecule has 0 aliphatic heterocycles. The second kappa shape index (κ2) is 10.3. The van der Waals surface area contributed by atoms with E-state index in [4.69, 9.17) is 0 Å². The highest BCUT2D eigenvalue weighted by Gasteiger charge is 2.21. The Morgan fingerprint density at radius 3 is 2.34 bits per heavy atom. The van der Waals surface area contributed by atoms with Crippen LogP contribution in [0.1, 0.15) is 50.6 Å². The number of carboxylic acid groups (broad SMARTS) is 1. The molecule has 1 unspecified atom stereocenters. The van der Waals surface area contributed by atoms with Crippen LogP contribution in [-0.4, -0.2) is 27.0 Å². The number of hydrogen-bond acceptors (Lipinski definition) is 4. The SMILES string of the molecule is Cc1cc(/C(CC(c2ccc(-c3ccc(F)c(C(=O)O)c3)cc2)c2ccccc2C)=N\O)ccn1. The maximum absolute atomic E-state index is 13.8. The van der Waals surface area contributed by atoms with Gasteiger partial charge >= 0.3 is 5.97 Å². The number of hydrogen-bond donors (Lipinski definition) is 2. The molecular formula is C29H25FN2O3. The Bertz CT molecular complexity index is 1400. The summed E-state index contributed by atoms with van der Waals surface area (Å²) in [6.45, 7) is 3.94. The van der Waals surface area contributed by atoms with Crippen LogP contribution in [0, 0.1) is 19.7 Å². The van der Waals surface area contributed by atoms with E-state index in [9.17, 15) is 19.5 Å². The van der Waals surface area contributed by atoms with Crippen LogP contribution in [0.5, 0.6) is 0 Å². The molecule has 5 nitrogen and oxygen atoms in total. The molecule has 4 rings (SSSR count). The first kappa shape index (κ1) is 23.8. The Kier molecular flexibility index (Phi) is 7.01. The number of aryl methyl sites for hydroxylation is 2. The van der Waals surface area contributed by atoms with Crippen molar-refractivity contribution in [2.24, 2.45) is 5.16 Å². The van der Waals surface area contributed by atoms with Gasteiger partial charge in [0, 0.05) is 29.8 Å². The van der Waals surface area contributed by atoms with Crippen molar-refractivity contribution in [3.63, 3.8) is 0 Å². The molecule has 0 saturated heterocycles. The number of carboxylic acids is 1. The lowest BCUT2D eigenvalue weighted by Gasteiger charge is -2.21. The highest BCUT2D eigenvalue weighted by molar-refractivity contribution is 6.01. The third kappa shape index (κ3) is 5.27. The van der Waals surface area contributed by atoms with Gasteiger partial charge in [-0.2, -0.15) is 0 Å². The predicted molar refractivity (Wildman–Crippen MR) is 134 cm³/mol. The van der Waals surface area contributed by atoms with Gasteiger partial charge in [-0.15, -0.1) is 0 Å². The largest absolute Gasteiger partial charge is 0.478 e. The fraction of sp³-hybridized carbons (Fsp3) is 0.138. The van der Waals surface area contributed by atoms with E-state index in [-0.39, 0.29) is 11.5 Å². The molecule has 6 heteroatoms. The Morgan fingerprint density at radius 1 is 0.971 bits per heavy atom. The minimum Gasteiger partial charge on any atom is -0.478 e. The van der Waals surface area contributed by atoms with E-state index in [0.717, 1.165) is 33.5 Å². The lowest BCUT2D eigenvalue weighted by atomic mass is 9.83. The van der Waals surface area contributed by atoms with E-state index >= 15 is 0 Å². The number of benzene rings is 3. The van der Waals surface area contributed by atoms with Crippen molar-refractivity contribution < 1.29 is 19.5 Å². The van der Waals surface area contributed by atoms with Gasteiger partial charge in [-0.05, 0) is 65.9 Å². The summed E-state index contributed by atoms with van der Waals surface area (Å²) in [5.41, 5.74) is 6.47. The number of aromatic nitrogens is 1. The van der Waals surface area contributed by atoms with Gasteiger partial charge in [0.2, 0.25) is 0 Å². The Hall–Kier alpha value is -4.32. The second-order valence-electron chi connectivity index (χ2n) is 8.47. The smallest absolute Gasteiger partial charge is 0.338 e. The van der Waals surface area contributed by atoms with E-state index in [1.165, 1.54) is 12.1 Å². The highest BCUT2D eigenvalue weighted by Crippen LogP contribution is 2.33. The van der Waals surface area contributed by atoms with Crippen LogP contribution in [0.4, 0.5) is 4.39 Å². The summed E-state index contributed by atoms with van der Waals surface area (Å²) in [5.74, 6) is -2.16. The van der Waals surface area contributed by atoms with Gasteiger partial charge < -0.3 is 10.3 Å². The number of carbonyl (C=O) groups is 1. The van der Waals surface area contributed by atoms with E-state index in [0.29, 0.717) is 17.7 Å². The third-order valence-corrected chi connectivity index (χ3v) is 6.16. The van der Waals surface area contributed by atoms with Crippen LogP contribution in [-0.2, 0) is 0 Å². The number of pyridine rings is 1. The van der Waals surface area contributed by atoms with Crippen molar-refractivity contribution in [2.45, 2.75) is 26.2 Å². The molecule has 0 radical (unpaired) electrons. The average Bonchev–Trinajstić information content (AvgIpc) is 2.86. The van der Waals surface area contributed by atoms with Crippen molar-refractivity contribution >= 4 is 11.7 Å². The van der Waals surface area contributed by atoms with Gasteiger partial charge in [-0.3, -0.25) is 4.98 Å². The Labute approximate surface area is 203 Å². The van der Waals surface area contributed by atoms with Crippen molar-refractivity contribution in [3.8, 4) is 11.1 Å². The first-order valence-corrected chi connectivity index (χ1v) is 11.2. The molecule has 2 N–H and O–H groups in total. The van der Waals surface area contributed by atoms with Crippen molar-refractivity contribution in [2.75, 3.05) is 0 Å². The van der Waals surface area contributed by atoms with Crippen LogP contribution < -0.4 is 0 Å². The molecule has 176 valence electrons. The standard InChI is InChI=1S/C29H25FN2O3/c1-18-5-3-4-6-24(18)25(17-28(32-35)23-13-14-31-19(2)15-23)21-9-7-20(8-10-21)22-11-12-27(30)26(16-22)29(33)34/h3-16,25,35H,17H2,1-2H3,(H,33,34)/b32-28-. The van der Waals surface area contributed by atoms with Gasteiger partial charge in [-0.25, -0.2) is 9.18 Å². The second-order valence-corrected chi connectivity index (χ2v) is 8.47. The van der Waals surface area contributed by atoms with Crippen molar-refractivity contribution in [3.05, 3.63) is 124 Å². The monoisotopic (exact) mass is 468 g/mol. The normalized spacial score (nSPS) is 12.4. The summed E-state index contributed by atoms with van der Waals surface area (Å²) in [6, 6.07) is 23.6. The summed E-state index contributed by atoms with van der Waals surface area (Å²) in [7, 11) is 0. The summed E-state index contributed by atoms with van der Waals surface area (Å²) < 4.78 is 13.8. The maximum Gasteiger partial charge on any atom is 0.338 e. The molecule has 1 atom stereocenters. The van der Waals surface area contributed by atoms with Gasteiger partial charge in [0.05, 0.1) is 11.3 Å². The molecule has 0 bridgehead atoms. The molecule has 1 aromatic heterocycles. The zero-order chi connectivity index (χ0) is 24.9. The lowest BCUT2D eigenvalue weighted by Crippen LogP contribution is -2.12. The molecule has 0 spiro atoms. The number of nitrogens with zero attached hydrogens (tertiary/aromatic N) is 2. The van der Waals surface area contributed by atoms with E-state index in [2.05, 4.69) is 29.2 Å². The van der Waals surface area contributed by atoms with Crippen LogP contribution in [0.3, 0.4) is 0 Å². The number of oxime groups is 1. The predicted octanol–water partition coefficient (Wildman–Crippen LogP) is 6.60. The van der Waals surface area contributed by atoms with E-state index in [1.807, 2.05) is 55.5 Å². The molecule has 3 aromatic carbocycles. The fourth-order valence-corrected chi connectivity index (χ4v) is 4.30. The molecule has 0 saturated carbocycles. The van der Waals surface area contributed by atoms with Crippen LogP contribution in [0.2, 0.25) is 0 Å². The van der Waals surface area contributed by atoms with Crippen molar-refractivity contribution in [1.29, 1.82) is 0 Å². The summed E-state index contributed by atoms with van der Waals surface area (Å²) >= 11 is 0. The zero-order valence-electron chi connectivity index (χ0n) is 19.4. The summed E-state index contributed by atoms with van der Waals surface area (Å²) in [5, 5.41) is 22.7. The molecule has 0 aliphatic rings. The minimum atomic E-state index is -1.30. The molecule has 4 aromatic rings. The fourth-order valence-electron chi connectivity index (χ4n) is 4.30. The summed E-state index contributed by atoms with van der Waals surface area (Å²) in [4.78, 5) is 15.6. The van der Waals surface area contributed by atoms with Crippen LogP contribution >= 0.6 is 0 Å². The van der Waals surface area contributed by atoms with Crippen molar-refractivity contribution in [1.82, 2.24) is 4.98 Å². The molecule has 0 aliphatic carbocycles. The van der Waals surface area contributed by atoms with E-state index in [1.54, 1.807) is 12.3 Å². The number of rotatable bonds is 7. The maximum atomic E-state index is 13.8. The van der Waals surface area contributed by atoms with Crippen LogP contribution in [0.15, 0.2) is 90.2 Å². The minimum absolute atomic E-state index is 0.0904. The third-order valence-electron chi connectivity index (χ3n) is 6.16. The Balaban J connectivity index is 1.73. The molecule has 1 heterocycles. The van der Waals surface area contributed by atoms with Gasteiger partial charge in [0.15, 0.2) is 0 Å². The van der Waals surface area contributed by atoms with Gasteiger partial charge in [0.25, 0.3) is 0 Å². The quantitative estimate of drug-likeness (QED) is 0.182. The first-order chi connectivity index (χ1) is 16.9. The molecular weight excluding hydrogens is 443 g/mol. The molecule has 0 amide bonds. The Morgan fingerprint density at radius 2 is 1.69 bits per heavy atom. The van der Waals surface area contributed by atoms with E-state index < -0.39 is 11.8 Å². The summed E-state index contributed by atoms with van der Waals surface area (Å²) in [6.07, 6.45) is 2.16. The van der Waals surface area contributed by atoms with Gasteiger partial charge in [0.1, 0.15) is 5.82 Å². The molecule has 0 fully saturated rings. The van der Waals surface area contributed by atoms with Crippen LogP contribution in [0.25, 0.3) is 11.1 Å². The first-order valence-electron chi connectivity index (χ1n) is 11.2. The zero-order valence-corrected chi connectivity index (χ0v) is 19.4. The topological polar surface area (TPSA) is 82.8 Å².